The van der Waals surface area contributed by atoms with Crippen LogP contribution >= 0.6 is 27.5 Å². The van der Waals surface area contributed by atoms with Crippen molar-refractivity contribution in [2.45, 2.75) is 32.9 Å². The molecule has 0 bridgehead atoms. The van der Waals surface area contributed by atoms with Gasteiger partial charge < -0.3 is 10.2 Å². The fourth-order valence-electron chi connectivity index (χ4n) is 3.06. The Morgan fingerprint density at radius 3 is 2.44 bits per heavy atom. The SMILES string of the molecule is CCCNC(=O)[C@H](C)N(Cc1cccc(Br)c1)C(=O)CN(c1cccc(Cl)c1)S(C)(=O)=O. The molecule has 0 saturated carbocycles. The second-order valence-corrected chi connectivity index (χ2v) is 10.6. The standard InChI is InChI=1S/C22H27BrClN3O4S/c1-4-11-25-22(29)16(2)26(14-17-7-5-8-18(23)12-17)21(28)15-27(32(3,30)31)20-10-6-9-19(24)13-20/h5-10,12-13,16H,4,11,14-15H2,1-3H3,(H,25,29)/t16-/m0/s1. The minimum absolute atomic E-state index is 0.145. The molecule has 0 aromatic heterocycles. The van der Waals surface area contributed by atoms with Crippen LogP contribution in [0.3, 0.4) is 0 Å². The number of nitrogens with zero attached hydrogens (tertiary/aromatic N) is 2. The number of halogens is 2. The summed E-state index contributed by atoms with van der Waals surface area (Å²) in [6.45, 7) is 3.74. The summed E-state index contributed by atoms with van der Waals surface area (Å²) in [5.74, 6) is -0.807. The topological polar surface area (TPSA) is 86.8 Å². The Morgan fingerprint density at radius 2 is 1.84 bits per heavy atom. The number of carbonyl (C=O) groups excluding carboxylic acids is 2. The zero-order valence-corrected chi connectivity index (χ0v) is 21.4. The molecule has 0 aliphatic carbocycles. The van der Waals surface area contributed by atoms with Crippen molar-refractivity contribution in [3.63, 3.8) is 0 Å². The van der Waals surface area contributed by atoms with Crippen molar-refractivity contribution < 1.29 is 18.0 Å². The Morgan fingerprint density at radius 1 is 1.16 bits per heavy atom. The summed E-state index contributed by atoms with van der Waals surface area (Å²) >= 11 is 9.44. The molecule has 0 radical (unpaired) electrons. The van der Waals surface area contributed by atoms with E-state index in [1.54, 1.807) is 25.1 Å². The first-order chi connectivity index (χ1) is 15.0. The highest BCUT2D eigenvalue weighted by atomic mass is 79.9. The van der Waals surface area contributed by atoms with Gasteiger partial charge in [0.15, 0.2) is 0 Å². The van der Waals surface area contributed by atoms with Crippen molar-refractivity contribution in [2.24, 2.45) is 0 Å². The number of hydrogen-bond acceptors (Lipinski definition) is 4. The number of amides is 2. The molecule has 0 spiro atoms. The van der Waals surface area contributed by atoms with Gasteiger partial charge in [0.05, 0.1) is 11.9 Å². The summed E-state index contributed by atoms with van der Waals surface area (Å²) in [4.78, 5) is 27.4. The Bertz CT molecular complexity index is 1060. The third kappa shape index (κ3) is 7.50. The molecule has 1 N–H and O–H groups in total. The molecule has 2 aromatic carbocycles. The van der Waals surface area contributed by atoms with E-state index in [-0.39, 0.29) is 18.1 Å². The van der Waals surface area contributed by atoms with Gasteiger partial charge in [-0.2, -0.15) is 0 Å². The van der Waals surface area contributed by atoms with Crippen molar-refractivity contribution in [1.29, 1.82) is 0 Å². The maximum atomic E-state index is 13.4. The van der Waals surface area contributed by atoms with E-state index in [1.807, 2.05) is 31.2 Å². The number of rotatable bonds is 10. The van der Waals surface area contributed by atoms with Crippen LogP contribution in [0.25, 0.3) is 0 Å². The minimum Gasteiger partial charge on any atom is -0.354 e. The molecule has 0 unspecified atom stereocenters. The van der Waals surface area contributed by atoms with E-state index in [1.165, 1.54) is 11.0 Å². The minimum atomic E-state index is -3.78. The Balaban J connectivity index is 2.37. The Hall–Kier alpha value is -2.10. The van der Waals surface area contributed by atoms with E-state index in [0.29, 0.717) is 11.6 Å². The summed E-state index contributed by atoms with van der Waals surface area (Å²) in [5.41, 5.74) is 1.08. The van der Waals surface area contributed by atoms with Crippen molar-refractivity contribution in [2.75, 3.05) is 23.7 Å². The van der Waals surface area contributed by atoms with E-state index in [9.17, 15) is 18.0 Å². The lowest BCUT2D eigenvalue weighted by atomic mass is 10.1. The predicted octanol–water partition coefficient (Wildman–Crippen LogP) is 3.81. The van der Waals surface area contributed by atoms with Crippen LogP contribution < -0.4 is 9.62 Å². The van der Waals surface area contributed by atoms with Crippen LogP contribution in [0.5, 0.6) is 0 Å². The number of benzene rings is 2. The number of hydrogen-bond donors (Lipinski definition) is 1. The quantitative estimate of drug-likeness (QED) is 0.493. The molecule has 7 nitrogen and oxygen atoms in total. The van der Waals surface area contributed by atoms with Crippen LogP contribution in [0, 0.1) is 0 Å². The lowest BCUT2D eigenvalue weighted by Crippen LogP contribution is -2.51. The maximum absolute atomic E-state index is 13.4. The van der Waals surface area contributed by atoms with E-state index in [0.717, 1.165) is 27.0 Å². The van der Waals surface area contributed by atoms with Crippen molar-refractivity contribution in [1.82, 2.24) is 10.2 Å². The zero-order chi connectivity index (χ0) is 23.9. The molecule has 2 amide bonds. The van der Waals surface area contributed by atoms with Crippen LogP contribution in [0.2, 0.25) is 5.02 Å². The predicted molar refractivity (Wildman–Crippen MR) is 131 cm³/mol. The van der Waals surface area contributed by atoms with Crippen LogP contribution in [0.15, 0.2) is 53.0 Å². The molecule has 2 rings (SSSR count). The van der Waals surface area contributed by atoms with Gasteiger partial charge in [-0.05, 0) is 49.2 Å². The fraction of sp³-hybridized carbons (Fsp3) is 0.364. The van der Waals surface area contributed by atoms with Crippen LogP contribution in [0.1, 0.15) is 25.8 Å². The van der Waals surface area contributed by atoms with Gasteiger partial charge >= 0.3 is 0 Å². The second kappa shape index (κ2) is 11.7. The highest BCUT2D eigenvalue weighted by Gasteiger charge is 2.30. The maximum Gasteiger partial charge on any atom is 0.244 e. The molecular weight excluding hydrogens is 518 g/mol. The molecule has 0 aliphatic heterocycles. The van der Waals surface area contributed by atoms with E-state index in [4.69, 9.17) is 11.6 Å². The fourth-order valence-corrected chi connectivity index (χ4v) is 4.53. The van der Waals surface area contributed by atoms with Gasteiger partial charge in [0.25, 0.3) is 0 Å². The molecule has 10 heteroatoms. The van der Waals surface area contributed by atoms with Crippen molar-refractivity contribution >= 4 is 55.1 Å². The lowest BCUT2D eigenvalue weighted by molar-refractivity contribution is -0.139. The van der Waals surface area contributed by atoms with Gasteiger partial charge in [0.1, 0.15) is 12.6 Å². The average molecular weight is 545 g/mol. The van der Waals surface area contributed by atoms with E-state index < -0.39 is 28.5 Å². The molecule has 0 aliphatic rings. The molecule has 174 valence electrons. The molecule has 32 heavy (non-hydrogen) atoms. The van der Waals surface area contributed by atoms with Gasteiger partial charge in [-0.1, -0.05) is 52.7 Å². The van der Waals surface area contributed by atoms with Gasteiger partial charge in [0.2, 0.25) is 21.8 Å². The first kappa shape index (κ1) is 26.2. The molecule has 1 atom stereocenters. The third-order valence-corrected chi connectivity index (χ3v) is 6.60. The second-order valence-electron chi connectivity index (χ2n) is 7.37. The van der Waals surface area contributed by atoms with Crippen LogP contribution in [-0.2, 0) is 26.2 Å². The van der Waals surface area contributed by atoms with Gasteiger partial charge in [-0.15, -0.1) is 0 Å². The summed E-state index contributed by atoms with van der Waals surface area (Å²) in [6, 6.07) is 12.9. The van der Waals surface area contributed by atoms with Gasteiger partial charge in [-0.25, -0.2) is 8.42 Å². The highest BCUT2D eigenvalue weighted by molar-refractivity contribution is 9.10. The van der Waals surface area contributed by atoms with E-state index in [2.05, 4.69) is 21.2 Å². The van der Waals surface area contributed by atoms with Crippen LogP contribution in [0.4, 0.5) is 5.69 Å². The third-order valence-electron chi connectivity index (χ3n) is 4.73. The molecule has 0 saturated heterocycles. The first-order valence-electron chi connectivity index (χ1n) is 10.1. The molecular formula is C22H27BrClN3O4S. The first-order valence-corrected chi connectivity index (χ1v) is 13.1. The highest BCUT2D eigenvalue weighted by Crippen LogP contribution is 2.23. The lowest BCUT2D eigenvalue weighted by Gasteiger charge is -2.31. The summed E-state index contributed by atoms with van der Waals surface area (Å²) in [6.07, 6.45) is 1.78. The monoisotopic (exact) mass is 543 g/mol. The molecule has 0 fully saturated rings. The smallest absolute Gasteiger partial charge is 0.244 e. The number of sulfonamides is 1. The Kier molecular flexibility index (Phi) is 9.54. The van der Waals surface area contributed by atoms with E-state index >= 15 is 0 Å². The van der Waals surface area contributed by atoms with Gasteiger partial charge in [0, 0.05) is 22.6 Å². The number of nitrogens with one attached hydrogen (secondary N) is 1. The van der Waals surface area contributed by atoms with Gasteiger partial charge in [-0.3, -0.25) is 13.9 Å². The van der Waals surface area contributed by atoms with Crippen LogP contribution in [-0.4, -0.2) is 50.5 Å². The molecule has 2 aromatic rings. The largest absolute Gasteiger partial charge is 0.354 e. The zero-order valence-electron chi connectivity index (χ0n) is 18.2. The normalized spacial score (nSPS) is 12.2. The number of carbonyl (C=O) groups is 2. The summed E-state index contributed by atoms with van der Waals surface area (Å²) in [5, 5.41) is 3.14. The van der Waals surface area contributed by atoms with Crippen molar-refractivity contribution in [3.05, 3.63) is 63.6 Å². The van der Waals surface area contributed by atoms with Crippen molar-refractivity contribution in [3.8, 4) is 0 Å². The summed E-state index contributed by atoms with van der Waals surface area (Å²) < 4.78 is 26.8. The molecule has 0 heterocycles. The average Bonchev–Trinajstić information content (AvgIpc) is 2.72. The Labute approximate surface area is 202 Å². The number of anilines is 1. The summed E-state index contributed by atoms with van der Waals surface area (Å²) in [7, 11) is -3.78.